The highest BCUT2D eigenvalue weighted by Crippen LogP contribution is 2.13. The van der Waals surface area contributed by atoms with E-state index in [2.05, 4.69) is 12.2 Å². The Hall–Kier alpha value is -3.15. The van der Waals surface area contributed by atoms with Gasteiger partial charge in [-0.1, -0.05) is 19.1 Å². The smallest absolute Gasteiger partial charge is 0.344 e. The fourth-order valence-corrected chi connectivity index (χ4v) is 2.28. The Bertz CT molecular complexity index is 796. The summed E-state index contributed by atoms with van der Waals surface area (Å²) in [5, 5.41) is 2.63. The quantitative estimate of drug-likeness (QED) is 0.570. The van der Waals surface area contributed by atoms with E-state index in [0.29, 0.717) is 17.0 Å². The molecule has 0 fully saturated rings. The zero-order valence-corrected chi connectivity index (χ0v) is 15.7. The van der Waals surface area contributed by atoms with Crippen LogP contribution < -0.4 is 10.1 Å². The standard InChI is InChI=1S/C21H23NO5/c1-4-16-5-11-19(12-6-16)26-13-20(24)27-15(3)21(25)22-18-9-7-17(8-10-18)14(2)23/h5-12,15H,4,13H2,1-3H3,(H,22,25)/t15-/m1/s1. The van der Waals surface area contributed by atoms with Crippen molar-refractivity contribution in [2.45, 2.75) is 33.3 Å². The molecule has 1 amide bonds. The number of rotatable bonds is 8. The monoisotopic (exact) mass is 369 g/mol. The zero-order chi connectivity index (χ0) is 19.8. The molecule has 0 aliphatic heterocycles. The summed E-state index contributed by atoms with van der Waals surface area (Å²) >= 11 is 0. The Morgan fingerprint density at radius 2 is 1.63 bits per heavy atom. The number of Topliss-reactive ketones (excluding diaryl/α,β-unsaturated/α-hetero) is 1. The number of carbonyl (C=O) groups is 3. The summed E-state index contributed by atoms with van der Waals surface area (Å²) in [6.07, 6.45) is -0.0528. The Balaban J connectivity index is 1.80. The van der Waals surface area contributed by atoms with E-state index in [9.17, 15) is 14.4 Å². The third kappa shape index (κ3) is 6.26. The molecule has 27 heavy (non-hydrogen) atoms. The lowest BCUT2D eigenvalue weighted by atomic mass is 10.1. The number of hydrogen-bond donors (Lipinski definition) is 1. The fourth-order valence-electron chi connectivity index (χ4n) is 2.28. The third-order valence-electron chi connectivity index (χ3n) is 3.92. The number of ether oxygens (including phenoxy) is 2. The molecule has 6 heteroatoms. The van der Waals surface area contributed by atoms with Gasteiger partial charge in [0.25, 0.3) is 5.91 Å². The summed E-state index contributed by atoms with van der Waals surface area (Å²) in [4.78, 5) is 35.2. The van der Waals surface area contributed by atoms with Crippen molar-refractivity contribution in [3.05, 3.63) is 59.7 Å². The van der Waals surface area contributed by atoms with E-state index in [-0.39, 0.29) is 12.4 Å². The normalized spacial score (nSPS) is 11.4. The summed E-state index contributed by atoms with van der Waals surface area (Å²) < 4.78 is 10.4. The van der Waals surface area contributed by atoms with Crippen molar-refractivity contribution in [1.82, 2.24) is 0 Å². The van der Waals surface area contributed by atoms with E-state index in [1.807, 2.05) is 12.1 Å². The van der Waals surface area contributed by atoms with Crippen molar-refractivity contribution < 1.29 is 23.9 Å². The second-order valence-electron chi connectivity index (χ2n) is 6.04. The Morgan fingerprint density at radius 1 is 1.00 bits per heavy atom. The van der Waals surface area contributed by atoms with Crippen LogP contribution in [0.3, 0.4) is 0 Å². The van der Waals surface area contributed by atoms with Crippen LogP contribution >= 0.6 is 0 Å². The first-order valence-corrected chi connectivity index (χ1v) is 8.72. The maximum Gasteiger partial charge on any atom is 0.344 e. The molecule has 0 heterocycles. The van der Waals surface area contributed by atoms with Gasteiger partial charge in [-0.25, -0.2) is 4.79 Å². The average molecular weight is 369 g/mol. The summed E-state index contributed by atoms with van der Waals surface area (Å²) in [5.74, 6) is -0.596. The number of anilines is 1. The number of esters is 1. The minimum Gasteiger partial charge on any atom is -0.482 e. The van der Waals surface area contributed by atoms with E-state index in [0.717, 1.165) is 6.42 Å². The average Bonchev–Trinajstić information content (AvgIpc) is 2.67. The summed E-state index contributed by atoms with van der Waals surface area (Å²) in [7, 11) is 0. The van der Waals surface area contributed by atoms with Gasteiger partial charge in [0.15, 0.2) is 18.5 Å². The molecule has 0 saturated heterocycles. The first-order chi connectivity index (χ1) is 12.9. The molecule has 0 aliphatic rings. The Labute approximate surface area is 158 Å². The first-order valence-electron chi connectivity index (χ1n) is 8.72. The van der Waals surface area contributed by atoms with Crippen molar-refractivity contribution in [3.8, 4) is 5.75 Å². The van der Waals surface area contributed by atoms with Gasteiger partial charge >= 0.3 is 5.97 Å². The first kappa shape index (κ1) is 20.2. The number of nitrogens with one attached hydrogen (secondary N) is 1. The predicted molar refractivity (Wildman–Crippen MR) is 102 cm³/mol. The Kier molecular flexibility index (Phi) is 7.11. The predicted octanol–water partition coefficient (Wildman–Crippen LogP) is 3.40. The van der Waals surface area contributed by atoms with E-state index < -0.39 is 18.0 Å². The summed E-state index contributed by atoms with van der Waals surface area (Å²) in [6.45, 7) is 4.72. The zero-order valence-electron chi connectivity index (χ0n) is 15.7. The van der Waals surface area contributed by atoms with Gasteiger partial charge < -0.3 is 14.8 Å². The van der Waals surface area contributed by atoms with Gasteiger partial charge in [-0.3, -0.25) is 9.59 Å². The van der Waals surface area contributed by atoms with Crippen LogP contribution in [0.25, 0.3) is 0 Å². The van der Waals surface area contributed by atoms with Crippen LogP contribution in [0, 0.1) is 0 Å². The molecule has 0 unspecified atom stereocenters. The lowest BCUT2D eigenvalue weighted by molar-refractivity contribution is -0.155. The number of ketones is 1. The van der Waals surface area contributed by atoms with E-state index in [1.54, 1.807) is 36.4 Å². The van der Waals surface area contributed by atoms with Gasteiger partial charge in [0, 0.05) is 11.3 Å². The summed E-state index contributed by atoms with van der Waals surface area (Å²) in [5.41, 5.74) is 2.24. The largest absolute Gasteiger partial charge is 0.482 e. The van der Waals surface area contributed by atoms with Gasteiger partial charge in [0.05, 0.1) is 0 Å². The van der Waals surface area contributed by atoms with E-state index >= 15 is 0 Å². The molecule has 142 valence electrons. The van der Waals surface area contributed by atoms with Crippen molar-refractivity contribution in [1.29, 1.82) is 0 Å². The maximum atomic E-state index is 12.1. The number of hydrogen-bond acceptors (Lipinski definition) is 5. The minimum atomic E-state index is -0.976. The molecule has 1 N–H and O–H groups in total. The second kappa shape index (κ2) is 9.52. The van der Waals surface area contributed by atoms with Gasteiger partial charge in [-0.05, 0) is 62.2 Å². The Morgan fingerprint density at radius 3 is 2.19 bits per heavy atom. The lowest BCUT2D eigenvalue weighted by Crippen LogP contribution is -2.31. The summed E-state index contributed by atoms with van der Waals surface area (Å²) in [6, 6.07) is 13.9. The number of benzene rings is 2. The molecule has 0 spiro atoms. The SMILES string of the molecule is CCc1ccc(OCC(=O)O[C@H](C)C(=O)Nc2ccc(C(C)=O)cc2)cc1. The molecule has 0 aliphatic carbocycles. The highest BCUT2D eigenvalue weighted by Gasteiger charge is 2.18. The van der Waals surface area contributed by atoms with Gasteiger partial charge in [-0.15, -0.1) is 0 Å². The van der Waals surface area contributed by atoms with Crippen LogP contribution in [0.15, 0.2) is 48.5 Å². The highest BCUT2D eigenvalue weighted by molar-refractivity contribution is 5.97. The number of amides is 1. The van der Waals surface area contributed by atoms with Crippen molar-refractivity contribution in [2.24, 2.45) is 0 Å². The molecular formula is C21H23NO5. The van der Waals surface area contributed by atoms with Crippen LogP contribution in [0.2, 0.25) is 0 Å². The van der Waals surface area contributed by atoms with Crippen molar-refractivity contribution in [2.75, 3.05) is 11.9 Å². The van der Waals surface area contributed by atoms with E-state index in [1.165, 1.54) is 19.4 Å². The molecule has 6 nitrogen and oxygen atoms in total. The molecule has 0 bridgehead atoms. The van der Waals surface area contributed by atoms with Gasteiger partial charge in [0.2, 0.25) is 0 Å². The molecule has 0 aromatic heterocycles. The van der Waals surface area contributed by atoms with Crippen molar-refractivity contribution >= 4 is 23.3 Å². The maximum absolute atomic E-state index is 12.1. The van der Waals surface area contributed by atoms with Gasteiger partial charge in [-0.2, -0.15) is 0 Å². The topological polar surface area (TPSA) is 81.7 Å². The molecule has 0 saturated carbocycles. The fraction of sp³-hybridized carbons (Fsp3) is 0.286. The molecular weight excluding hydrogens is 346 g/mol. The van der Waals surface area contributed by atoms with Crippen LogP contribution in [0.4, 0.5) is 5.69 Å². The molecule has 0 radical (unpaired) electrons. The molecule has 2 aromatic rings. The number of carbonyl (C=O) groups excluding carboxylic acids is 3. The van der Waals surface area contributed by atoms with Crippen LogP contribution in [-0.4, -0.2) is 30.4 Å². The van der Waals surface area contributed by atoms with Crippen LogP contribution in [-0.2, 0) is 20.7 Å². The highest BCUT2D eigenvalue weighted by atomic mass is 16.6. The second-order valence-corrected chi connectivity index (χ2v) is 6.04. The lowest BCUT2D eigenvalue weighted by Gasteiger charge is -2.14. The molecule has 2 rings (SSSR count). The van der Waals surface area contributed by atoms with Crippen molar-refractivity contribution in [3.63, 3.8) is 0 Å². The van der Waals surface area contributed by atoms with Gasteiger partial charge in [0.1, 0.15) is 5.75 Å². The van der Waals surface area contributed by atoms with Crippen LogP contribution in [0.5, 0.6) is 5.75 Å². The number of aryl methyl sites for hydroxylation is 1. The molecule has 2 aromatic carbocycles. The van der Waals surface area contributed by atoms with Crippen LogP contribution in [0.1, 0.15) is 36.7 Å². The molecule has 1 atom stereocenters. The third-order valence-corrected chi connectivity index (χ3v) is 3.92. The minimum absolute atomic E-state index is 0.0560. The van der Waals surface area contributed by atoms with E-state index in [4.69, 9.17) is 9.47 Å².